The van der Waals surface area contributed by atoms with Crippen LogP contribution in [-0.4, -0.2) is 39.5 Å². The van der Waals surface area contributed by atoms with Gasteiger partial charge in [0.25, 0.3) is 0 Å². The first kappa shape index (κ1) is 12.3. The van der Waals surface area contributed by atoms with E-state index in [1.54, 1.807) is 0 Å². The van der Waals surface area contributed by atoms with Crippen LogP contribution in [0.2, 0.25) is 0 Å². The third-order valence-corrected chi connectivity index (χ3v) is 4.62. The molecule has 0 amide bonds. The highest BCUT2D eigenvalue weighted by molar-refractivity contribution is 7.89. The standard InChI is InChI=1S/C10H20N2O3S/c1-10(2)8(7-3-5-15-9(7)10)12-4-6-16(11,13)14/h7-9,12H,3-6H2,1-2H3,(H2,11,13,14). The zero-order valence-electron chi connectivity index (χ0n) is 9.77. The number of hydrogen-bond donors (Lipinski definition) is 2. The molecule has 2 rings (SSSR count). The molecule has 3 atom stereocenters. The second-order valence-electron chi connectivity index (χ2n) is 5.36. The first-order valence-electron chi connectivity index (χ1n) is 5.68. The van der Waals surface area contributed by atoms with Crippen molar-refractivity contribution in [3.8, 4) is 0 Å². The van der Waals surface area contributed by atoms with Crippen LogP contribution in [0.25, 0.3) is 0 Å². The summed E-state index contributed by atoms with van der Waals surface area (Å²) in [6, 6.07) is 0.349. The minimum atomic E-state index is -3.36. The van der Waals surface area contributed by atoms with Crippen LogP contribution in [0, 0.1) is 11.3 Å². The van der Waals surface area contributed by atoms with Crippen LogP contribution in [0.3, 0.4) is 0 Å². The van der Waals surface area contributed by atoms with E-state index in [1.807, 2.05) is 0 Å². The maximum atomic E-state index is 10.8. The second kappa shape index (κ2) is 3.94. The molecule has 0 aromatic heterocycles. The smallest absolute Gasteiger partial charge is 0.210 e. The molecule has 16 heavy (non-hydrogen) atoms. The van der Waals surface area contributed by atoms with Gasteiger partial charge in [0, 0.05) is 30.5 Å². The Morgan fingerprint density at radius 1 is 1.50 bits per heavy atom. The van der Waals surface area contributed by atoms with Gasteiger partial charge >= 0.3 is 0 Å². The SMILES string of the molecule is CC1(C)C(NCCS(N)(=O)=O)C2CCOC21. The minimum absolute atomic E-state index is 0.00216. The average molecular weight is 248 g/mol. The first-order chi connectivity index (χ1) is 7.32. The van der Waals surface area contributed by atoms with E-state index in [-0.39, 0.29) is 11.2 Å². The molecule has 1 heterocycles. The molecule has 0 aromatic rings. The van der Waals surface area contributed by atoms with E-state index >= 15 is 0 Å². The molecule has 2 aliphatic rings. The molecule has 0 bridgehead atoms. The van der Waals surface area contributed by atoms with Crippen molar-refractivity contribution < 1.29 is 13.2 Å². The van der Waals surface area contributed by atoms with Crippen LogP contribution < -0.4 is 10.5 Å². The average Bonchev–Trinajstić information content (AvgIpc) is 2.56. The van der Waals surface area contributed by atoms with E-state index in [2.05, 4.69) is 19.2 Å². The minimum Gasteiger partial charge on any atom is -0.377 e. The topological polar surface area (TPSA) is 81.4 Å². The van der Waals surface area contributed by atoms with Gasteiger partial charge in [-0.05, 0) is 6.42 Å². The predicted octanol–water partition coefficient (Wildman–Crippen LogP) is -0.322. The van der Waals surface area contributed by atoms with Gasteiger partial charge in [-0.15, -0.1) is 0 Å². The molecule has 1 saturated carbocycles. The van der Waals surface area contributed by atoms with Gasteiger partial charge in [0.2, 0.25) is 10.0 Å². The number of sulfonamides is 1. The summed E-state index contributed by atoms with van der Waals surface area (Å²) >= 11 is 0. The number of nitrogens with one attached hydrogen (secondary N) is 1. The van der Waals surface area contributed by atoms with Crippen molar-refractivity contribution in [2.45, 2.75) is 32.4 Å². The van der Waals surface area contributed by atoms with Crippen molar-refractivity contribution in [2.24, 2.45) is 16.5 Å². The molecule has 1 saturated heterocycles. The van der Waals surface area contributed by atoms with Gasteiger partial charge in [-0.3, -0.25) is 0 Å². The van der Waals surface area contributed by atoms with Crippen LogP contribution in [0.5, 0.6) is 0 Å². The number of hydrogen-bond acceptors (Lipinski definition) is 4. The number of ether oxygens (including phenoxy) is 1. The van der Waals surface area contributed by atoms with Gasteiger partial charge in [0.15, 0.2) is 0 Å². The third-order valence-electron chi connectivity index (χ3n) is 3.85. The Hall–Kier alpha value is -0.170. The molecular formula is C10H20N2O3S. The van der Waals surface area contributed by atoms with Gasteiger partial charge in [0.1, 0.15) is 0 Å². The lowest BCUT2D eigenvalue weighted by Gasteiger charge is -2.55. The largest absolute Gasteiger partial charge is 0.377 e. The van der Waals surface area contributed by atoms with Crippen LogP contribution in [0.1, 0.15) is 20.3 Å². The maximum absolute atomic E-state index is 10.8. The lowest BCUT2D eigenvalue weighted by molar-refractivity contribution is -0.111. The molecule has 1 aliphatic carbocycles. The third kappa shape index (κ3) is 2.11. The van der Waals surface area contributed by atoms with Crippen molar-refractivity contribution in [2.75, 3.05) is 18.9 Å². The number of fused-ring (bicyclic) bond motifs is 1. The molecule has 0 spiro atoms. The zero-order valence-corrected chi connectivity index (χ0v) is 10.6. The molecule has 3 unspecified atom stereocenters. The number of nitrogens with two attached hydrogens (primary N) is 1. The second-order valence-corrected chi connectivity index (χ2v) is 7.10. The van der Waals surface area contributed by atoms with Crippen molar-refractivity contribution in [3.63, 3.8) is 0 Å². The fourth-order valence-electron chi connectivity index (χ4n) is 3.10. The van der Waals surface area contributed by atoms with Crippen molar-refractivity contribution in [1.82, 2.24) is 5.32 Å². The molecule has 5 nitrogen and oxygen atoms in total. The van der Waals surface area contributed by atoms with E-state index in [0.29, 0.717) is 24.6 Å². The summed E-state index contributed by atoms with van der Waals surface area (Å²) < 4.78 is 27.3. The zero-order chi connectivity index (χ0) is 12.0. The van der Waals surface area contributed by atoms with Crippen LogP contribution >= 0.6 is 0 Å². The monoisotopic (exact) mass is 248 g/mol. The summed E-state index contributed by atoms with van der Waals surface area (Å²) in [6.45, 7) is 5.57. The quantitative estimate of drug-likeness (QED) is 0.714. The van der Waals surface area contributed by atoms with E-state index in [0.717, 1.165) is 13.0 Å². The summed E-state index contributed by atoms with van der Waals surface area (Å²) in [5.41, 5.74) is 0.0968. The summed E-state index contributed by atoms with van der Waals surface area (Å²) in [6.07, 6.45) is 1.40. The van der Waals surface area contributed by atoms with Gasteiger partial charge in [-0.2, -0.15) is 0 Å². The Morgan fingerprint density at radius 3 is 2.81 bits per heavy atom. The molecule has 1 aliphatic heterocycles. The Balaban J connectivity index is 1.86. The van der Waals surface area contributed by atoms with Crippen LogP contribution in [0.4, 0.5) is 0 Å². The normalized spacial score (nSPS) is 36.8. The summed E-state index contributed by atoms with van der Waals surface area (Å²) in [5.74, 6) is 0.535. The summed E-state index contributed by atoms with van der Waals surface area (Å²) in [5, 5.41) is 8.26. The van der Waals surface area contributed by atoms with Gasteiger partial charge < -0.3 is 10.1 Å². The Kier molecular flexibility index (Phi) is 3.03. The highest BCUT2D eigenvalue weighted by atomic mass is 32.2. The van der Waals surface area contributed by atoms with Crippen molar-refractivity contribution >= 4 is 10.0 Å². The molecule has 3 N–H and O–H groups in total. The highest BCUT2D eigenvalue weighted by Crippen LogP contribution is 2.51. The molecule has 6 heteroatoms. The first-order valence-corrected chi connectivity index (χ1v) is 7.39. The van der Waals surface area contributed by atoms with Crippen molar-refractivity contribution in [3.05, 3.63) is 0 Å². The Bertz CT molecular complexity index is 366. The predicted molar refractivity (Wildman–Crippen MR) is 61.4 cm³/mol. The maximum Gasteiger partial charge on any atom is 0.210 e. The van der Waals surface area contributed by atoms with E-state index in [9.17, 15) is 8.42 Å². The summed E-state index contributed by atoms with van der Waals surface area (Å²) in [7, 11) is -3.36. The Labute approximate surface area is 96.8 Å². The van der Waals surface area contributed by atoms with Crippen LogP contribution in [-0.2, 0) is 14.8 Å². The van der Waals surface area contributed by atoms with Crippen LogP contribution in [0.15, 0.2) is 0 Å². The lowest BCUT2D eigenvalue weighted by atomic mass is 9.57. The molecule has 94 valence electrons. The molecule has 0 radical (unpaired) electrons. The van der Waals surface area contributed by atoms with Gasteiger partial charge in [0.05, 0.1) is 11.9 Å². The number of primary sulfonamides is 1. The Morgan fingerprint density at radius 2 is 2.19 bits per heavy atom. The highest BCUT2D eigenvalue weighted by Gasteiger charge is 2.58. The van der Waals surface area contributed by atoms with E-state index in [4.69, 9.17) is 9.88 Å². The fraction of sp³-hybridized carbons (Fsp3) is 1.00. The fourth-order valence-corrected chi connectivity index (χ4v) is 3.50. The van der Waals surface area contributed by atoms with Crippen molar-refractivity contribution in [1.29, 1.82) is 0 Å². The van der Waals surface area contributed by atoms with E-state index < -0.39 is 10.0 Å². The summed E-state index contributed by atoms with van der Waals surface area (Å²) in [4.78, 5) is 0. The molecular weight excluding hydrogens is 228 g/mol. The van der Waals surface area contributed by atoms with E-state index in [1.165, 1.54) is 0 Å². The van der Waals surface area contributed by atoms with Gasteiger partial charge in [-0.25, -0.2) is 13.6 Å². The molecule has 0 aromatic carbocycles. The molecule has 2 fully saturated rings. The van der Waals surface area contributed by atoms with Gasteiger partial charge in [-0.1, -0.05) is 13.8 Å². The number of rotatable bonds is 4. The lowest BCUT2D eigenvalue weighted by Crippen LogP contribution is -2.66.